The van der Waals surface area contributed by atoms with Crippen LogP contribution < -0.4 is 11.1 Å². The highest BCUT2D eigenvalue weighted by atomic mass is 35.5. The minimum atomic E-state index is 0.0774. The molecule has 0 aliphatic carbocycles. The van der Waals surface area contributed by atoms with Gasteiger partial charge in [-0.2, -0.15) is 5.10 Å². The minimum Gasteiger partial charge on any atom is -0.396 e. The van der Waals surface area contributed by atoms with Crippen molar-refractivity contribution in [1.82, 2.24) is 10.2 Å². The van der Waals surface area contributed by atoms with Gasteiger partial charge in [-0.25, -0.2) is 0 Å². The molecule has 1 rings (SSSR count). The summed E-state index contributed by atoms with van der Waals surface area (Å²) in [5, 5.41) is 19.6. The van der Waals surface area contributed by atoms with Crippen molar-refractivity contribution < 1.29 is 5.11 Å². The van der Waals surface area contributed by atoms with Crippen LogP contribution in [0.5, 0.6) is 0 Å². The lowest BCUT2D eigenvalue weighted by Gasteiger charge is -2.13. The van der Waals surface area contributed by atoms with Gasteiger partial charge in [0.05, 0.1) is 11.9 Å². The second kappa shape index (κ2) is 4.97. The van der Waals surface area contributed by atoms with Gasteiger partial charge in [0.2, 0.25) is 0 Å². The van der Waals surface area contributed by atoms with Crippen LogP contribution in [0.2, 0.25) is 5.02 Å². The lowest BCUT2D eigenvalue weighted by molar-refractivity contribution is 0.282. The second-order valence-electron chi connectivity index (χ2n) is 3.02. The molecule has 0 saturated carbocycles. The zero-order valence-electron chi connectivity index (χ0n) is 7.87. The normalized spacial score (nSPS) is 12.5. The zero-order valence-corrected chi connectivity index (χ0v) is 8.62. The molecule has 0 bridgehead atoms. The number of aliphatic hydroxyl groups excluding tert-OH is 1. The van der Waals surface area contributed by atoms with E-state index in [0.717, 1.165) is 0 Å². The molecule has 0 aliphatic rings. The summed E-state index contributed by atoms with van der Waals surface area (Å²) in [7, 11) is 0. The topological polar surface area (TPSA) is 84.1 Å². The zero-order chi connectivity index (χ0) is 10.6. The van der Waals surface area contributed by atoms with Gasteiger partial charge in [0.1, 0.15) is 5.02 Å². The van der Waals surface area contributed by atoms with E-state index in [4.69, 9.17) is 22.4 Å². The fraction of sp³-hybridized carbons (Fsp3) is 0.500. The number of aromatic nitrogens is 2. The Balaban J connectivity index is 2.71. The molecule has 1 aromatic rings. The van der Waals surface area contributed by atoms with Crippen LogP contribution in [0.15, 0.2) is 6.20 Å². The molecule has 0 fully saturated rings. The molecule has 78 valence electrons. The molecule has 4 N–H and O–H groups in total. The van der Waals surface area contributed by atoms with Gasteiger partial charge in [0.25, 0.3) is 0 Å². The summed E-state index contributed by atoms with van der Waals surface area (Å²) < 4.78 is 0. The molecular formula is C8H13ClN4O. The highest BCUT2D eigenvalue weighted by molar-refractivity contribution is 6.35. The number of nitrogens with two attached hydrogens (primary N) is 1. The monoisotopic (exact) mass is 216 g/mol. The van der Waals surface area contributed by atoms with E-state index >= 15 is 0 Å². The maximum Gasteiger partial charge on any atom is 0.169 e. The van der Waals surface area contributed by atoms with E-state index in [1.807, 2.05) is 6.92 Å². The van der Waals surface area contributed by atoms with Crippen molar-refractivity contribution in [1.29, 1.82) is 0 Å². The van der Waals surface area contributed by atoms with Crippen molar-refractivity contribution in [3.63, 3.8) is 0 Å². The second-order valence-corrected chi connectivity index (χ2v) is 3.40. The molecule has 0 aromatic carbocycles. The predicted octanol–water partition coefficient (Wildman–Crippen LogP) is 0.895. The Hall–Kier alpha value is -1.07. The summed E-state index contributed by atoms with van der Waals surface area (Å²) in [6.45, 7) is 2.03. The Morgan fingerprint density at radius 2 is 2.43 bits per heavy atom. The van der Waals surface area contributed by atoms with Crippen LogP contribution in [-0.4, -0.2) is 28.0 Å². The predicted molar refractivity (Wildman–Crippen MR) is 56.2 cm³/mol. The third-order valence-electron chi connectivity index (χ3n) is 1.76. The molecule has 0 spiro atoms. The molecule has 0 amide bonds. The molecule has 0 radical (unpaired) electrons. The van der Waals surface area contributed by atoms with E-state index in [0.29, 0.717) is 22.9 Å². The Labute approximate surface area is 87.3 Å². The van der Waals surface area contributed by atoms with Crippen LogP contribution in [0, 0.1) is 0 Å². The lowest BCUT2D eigenvalue weighted by Crippen LogP contribution is -2.18. The molecule has 1 heterocycles. The first-order valence-electron chi connectivity index (χ1n) is 4.29. The average Bonchev–Trinajstić information content (AvgIpc) is 2.13. The third kappa shape index (κ3) is 2.71. The maximum atomic E-state index is 8.70. The molecular weight excluding hydrogens is 204 g/mol. The van der Waals surface area contributed by atoms with Gasteiger partial charge < -0.3 is 16.2 Å². The third-order valence-corrected chi connectivity index (χ3v) is 2.16. The highest BCUT2D eigenvalue weighted by Gasteiger charge is 2.08. The quantitative estimate of drug-likeness (QED) is 0.696. The van der Waals surface area contributed by atoms with E-state index in [2.05, 4.69) is 15.5 Å². The van der Waals surface area contributed by atoms with Crippen LogP contribution in [0.4, 0.5) is 11.5 Å². The summed E-state index contributed by atoms with van der Waals surface area (Å²) in [5.41, 5.74) is 5.94. The first-order chi connectivity index (χ1) is 6.65. The van der Waals surface area contributed by atoms with Gasteiger partial charge in [-0.1, -0.05) is 11.6 Å². The molecule has 1 aromatic heterocycles. The standard InChI is InChI=1S/C8H13ClN4O/c1-5(2-3-14)12-8-7(9)6(10)4-11-13-8/h4-5,14H,2-3H2,1H3,(H3,10,12,13). The van der Waals surface area contributed by atoms with Gasteiger partial charge in [0, 0.05) is 12.6 Å². The van der Waals surface area contributed by atoms with Crippen LogP contribution >= 0.6 is 11.6 Å². The van der Waals surface area contributed by atoms with E-state index in [1.54, 1.807) is 0 Å². The minimum absolute atomic E-state index is 0.0774. The molecule has 6 heteroatoms. The van der Waals surface area contributed by atoms with Gasteiger partial charge in [-0.3, -0.25) is 0 Å². The Morgan fingerprint density at radius 3 is 3.07 bits per heavy atom. The molecule has 14 heavy (non-hydrogen) atoms. The van der Waals surface area contributed by atoms with Crippen molar-refractivity contribution in [3.05, 3.63) is 11.2 Å². The first-order valence-corrected chi connectivity index (χ1v) is 4.67. The number of anilines is 2. The first kappa shape index (κ1) is 11.0. The van der Waals surface area contributed by atoms with Crippen LogP contribution in [0.3, 0.4) is 0 Å². The van der Waals surface area contributed by atoms with Gasteiger partial charge in [-0.05, 0) is 13.3 Å². The maximum absolute atomic E-state index is 8.70. The van der Waals surface area contributed by atoms with Crippen molar-refractivity contribution in [2.75, 3.05) is 17.7 Å². The number of hydrogen-bond donors (Lipinski definition) is 3. The van der Waals surface area contributed by atoms with Crippen molar-refractivity contribution in [2.24, 2.45) is 0 Å². The average molecular weight is 217 g/mol. The number of aliphatic hydroxyl groups is 1. The summed E-state index contributed by atoms with van der Waals surface area (Å²) in [4.78, 5) is 0. The molecule has 5 nitrogen and oxygen atoms in total. The van der Waals surface area contributed by atoms with Crippen LogP contribution in [0.1, 0.15) is 13.3 Å². The SMILES string of the molecule is CC(CCO)Nc1nncc(N)c1Cl. The molecule has 0 saturated heterocycles. The number of rotatable bonds is 4. The Morgan fingerprint density at radius 1 is 1.71 bits per heavy atom. The number of nitrogens with one attached hydrogen (secondary N) is 1. The van der Waals surface area contributed by atoms with E-state index < -0.39 is 0 Å². The number of hydrogen-bond acceptors (Lipinski definition) is 5. The molecule has 1 unspecified atom stereocenters. The van der Waals surface area contributed by atoms with E-state index in [9.17, 15) is 0 Å². The van der Waals surface area contributed by atoms with Crippen LogP contribution in [-0.2, 0) is 0 Å². The summed E-state index contributed by atoms with van der Waals surface area (Å²) in [6, 6.07) is 0.0774. The highest BCUT2D eigenvalue weighted by Crippen LogP contribution is 2.24. The van der Waals surface area contributed by atoms with E-state index in [-0.39, 0.29) is 12.6 Å². The van der Waals surface area contributed by atoms with Gasteiger partial charge in [0.15, 0.2) is 5.82 Å². The number of halogens is 1. The number of nitrogen functional groups attached to an aromatic ring is 1. The fourth-order valence-electron chi connectivity index (χ4n) is 0.978. The molecule has 1 atom stereocenters. The van der Waals surface area contributed by atoms with Gasteiger partial charge >= 0.3 is 0 Å². The van der Waals surface area contributed by atoms with Crippen molar-refractivity contribution in [3.8, 4) is 0 Å². The molecule has 0 aliphatic heterocycles. The largest absolute Gasteiger partial charge is 0.396 e. The van der Waals surface area contributed by atoms with E-state index in [1.165, 1.54) is 6.20 Å². The smallest absolute Gasteiger partial charge is 0.169 e. The van der Waals surface area contributed by atoms with Crippen molar-refractivity contribution >= 4 is 23.1 Å². The Bertz CT molecular complexity index is 307. The number of nitrogens with zero attached hydrogens (tertiary/aromatic N) is 2. The summed E-state index contributed by atoms with van der Waals surface area (Å²) in [5.74, 6) is 0.451. The van der Waals surface area contributed by atoms with Gasteiger partial charge in [-0.15, -0.1) is 5.10 Å². The summed E-state index contributed by atoms with van der Waals surface area (Å²) in [6.07, 6.45) is 2.01. The lowest BCUT2D eigenvalue weighted by atomic mass is 10.2. The van der Waals surface area contributed by atoms with Crippen LogP contribution in [0.25, 0.3) is 0 Å². The Kier molecular flexibility index (Phi) is 3.91. The van der Waals surface area contributed by atoms with Crippen molar-refractivity contribution in [2.45, 2.75) is 19.4 Å². The fourth-order valence-corrected chi connectivity index (χ4v) is 1.12. The summed E-state index contributed by atoms with van der Waals surface area (Å²) >= 11 is 5.88.